The Kier molecular flexibility index (Phi) is 1.39. The van der Waals surface area contributed by atoms with Crippen molar-refractivity contribution in [2.75, 3.05) is 0 Å². The molecule has 0 spiro atoms. The minimum atomic E-state index is -0.483. The fourth-order valence-electron chi connectivity index (χ4n) is 1.77. The van der Waals surface area contributed by atoms with Crippen LogP contribution in [-0.2, 0) is 0 Å². The van der Waals surface area contributed by atoms with Crippen LogP contribution in [0.5, 0.6) is 0 Å². The zero-order valence-electron chi connectivity index (χ0n) is 7.65. The molecule has 0 aliphatic heterocycles. The predicted molar refractivity (Wildman–Crippen MR) is 56.1 cm³/mol. The number of pyridine rings is 1. The van der Waals surface area contributed by atoms with Crippen molar-refractivity contribution in [1.82, 2.24) is 14.4 Å². The van der Waals surface area contributed by atoms with E-state index in [2.05, 4.69) is 9.97 Å². The summed E-state index contributed by atoms with van der Waals surface area (Å²) in [6, 6.07) is 5.54. The Morgan fingerprint density at radius 2 is 2.00 bits per heavy atom. The van der Waals surface area contributed by atoms with Gasteiger partial charge in [-0.25, -0.2) is 4.79 Å². The van der Waals surface area contributed by atoms with Gasteiger partial charge in [0.25, 0.3) is 5.56 Å². The van der Waals surface area contributed by atoms with Crippen molar-refractivity contribution in [3.8, 4) is 0 Å². The van der Waals surface area contributed by atoms with Crippen LogP contribution in [0.25, 0.3) is 16.4 Å². The summed E-state index contributed by atoms with van der Waals surface area (Å²) in [5, 5.41) is 0.509. The zero-order chi connectivity index (χ0) is 10.4. The van der Waals surface area contributed by atoms with E-state index in [4.69, 9.17) is 0 Å². The Labute approximate surface area is 83.0 Å². The van der Waals surface area contributed by atoms with Gasteiger partial charge >= 0.3 is 5.69 Å². The maximum Gasteiger partial charge on any atom is 0.326 e. The number of hydrogen-bond acceptors (Lipinski definition) is 2. The van der Waals surface area contributed by atoms with Gasteiger partial charge in [-0.2, -0.15) is 0 Å². The molecule has 0 unspecified atom stereocenters. The second-order valence-corrected chi connectivity index (χ2v) is 3.32. The summed E-state index contributed by atoms with van der Waals surface area (Å²) < 4.78 is 1.80. The molecule has 5 heteroatoms. The fourth-order valence-corrected chi connectivity index (χ4v) is 1.77. The van der Waals surface area contributed by atoms with Crippen molar-refractivity contribution in [2.45, 2.75) is 0 Å². The first kappa shape index (κ1) is 8.05. The highest BCUT2D eigenvalue weighted by atomic mass is 16.2. The van der Waals surface area contributed by atoms with Crippen LogP contribution < -0.4 is 11.2 Å². The van der Waals surface area contributed by atoms with Crippen LogP contribution in [0.4, 0.5) is 0 Å². The van der Waals surface area contributed by atoms with E-state index >= 15 is 0 Å². The SMILES string of the molecule is O=c1[nH]c(=O)c2c(cn3ccccc23)[nH]1. The van der Waals surface area contributed by atoms with Crippen molar-refractivity contribution in [3.63, 3.8) is 0 Å². The zero-order valence-corrected chi connectivity index (χ0v) is 7.65. The number of nitrogens with zero attached hydrogens (tertiary/aromatic N) is 1. The molecule has 0 saturated carbocycles. The highest BCUT2D eigenvalue weighted by Gasteiger charge is 2.06. The molecule has 3 aromatic rings. The topological polar surface area (TPSA) is 70.1 Å². The molecule has 0 aromatic carbocycles. The Morgan fingerprint density at radius 3 is 2.87 bits per heavy atom. The third-order valence-electron chi connectivity index (χ3n) is 2.39. The van der Waals surface area contributed by atoms with Crippen LogP contribution >= 0.6 is 0 Å². The Morgan fingerprint density at radius 1 is 1.13 bits per heavy atom. The normalized spacial score (nSPS) is 11.2. The summed E-state index contributed by atoms with van der Waals surface area (Å²) in [6.45, 7) is 0. The summed E-state index contributed by atoms with van der Waals surface area (Å²) in [5.74, 6) is 0. The van der Waals surface area contributed by atoms with Gasteiger partial charge in [-0.3, -0.25) is 9.78 Å². The summed E-state index contributed by atoms with van der Waals surface area (Å²) in [6.07, 6.45) is 3.55. The van der Waals surface area contributed by atoms with E-state index in [0.29, 0.717) is 10.9 Å². The van der Waals surface area contributed by atoms with Gasteiger partial charge in [-0.05, 0) is 12.1 Å². The van der Waals surface area contributed by atoms with Crippen LogP contribution in [0.3, 0.4) is 0 Å². The second-order valence-electron chi connectivity index (χ2n) is 3.32. The van der Waals surface area contributed by atoms with E-state index in [1.54, 1.807) is 10.6 Å². The largest absolute Gasteiger partial charge is 0.326 e. The van der Waals surface area contributed by atoms with Gasteiger partial charge in [0, 0.05) is 12.4 Å². The molecule has 3 rings (SSSR count). The Bertz CT molecular complexity index is 763. The molecule has 0 bridgehead atoms. The maximum atomic E-state index is 11.6. The first-order chi connectivity index (χ1) is 7.25. The van der Waals surface area contributed by atoms with Crippen LogP contribution in [0.15, 0.2) is 40.2 Å². The van der Waals surface area contributed by atoms with Gasteiger partial charge in [-0.15, -0.1) is 0 Å². The lowest BCUT2D eigenvalue weighted by Gasteiger charge is -1.90. The molecule has 0 aliphatic carbocycles. The van der Waals surface area contributed by atoms with Gasteiger partial charge in [-0.1, -0.05) is 6.07 Å². The molecule has 2 N–H and O–H groups in total. The molecule has 3 heterocycles. The predicted octanol–water partition coefficient (Wildman–Crippen LogP) is 0.469. The fraction of sp³-hybridized carbons (Fsp3) is 0. The lowest BCUT2D eigenvalue weighted by Crippen LogP contribution is -2.21. The summed E-state index contributed by atoms with van der Waals surface area (Å²) >= 11 is 0. The average molecular weight is 201 g/mol. The molecule has 0 saturated heterocycles. The van der Waals surface area contributed by atoms with Crippen LogP contribution in [-0.4, -0.2) is 14.4 Å². The smallest absolute Gasteiger partial charge is 0.321 e. The third-order valence-corrected chi connectivity index (χ3v) is 2.39. The standard InChI is InChI=1S/C10H7N3O2/c14-9-8-6(11-10(15)12-9)5-13-4-2-1-3-7(8)13/h1-5H,(H2,11,12,14,15). The molecule has 3 aromatic heterocycles. The Balaban J connectivity index is 2.73. The molecular formula is C10H7N3O2. The molecule has 0 aliphatic rings. The summed E-state index contributed by atoms with van der Waals surface area (Å²) in [4.78, 5) is 27.4. The van der Waals surface area contributed by atoms with Gasteiger partial charge in [0.05, 0.1) is 16.4 Å². The van der Waals surface area contributed by atoms with Crippen molar-refractivity contribution in [2.24, 2.45) is 0 Å². The van der Waals surface area contributed by atoms with Crippen LogP contribution in [0, 0.1) is 0 Å². The number of fused-ring (bicyclic) bond motifs is 3. The van der Waals surface area contributed by atoms with E-state index in [-0.39, 0.29) is 5.56 Å². The first-order valence-electron chi connectivity index (χ1n) is 4.48. The lowest BCUT2D eigenvalue weighted by atomic mass is 10.3. The average Bonchev–Trinajstić information content (AvgIpc) is 2.54. The quantitative estimate of drug-likeness (QED) is 0.555. The monoisotopic (exact) mass is 201 g/mol. The van der Waals surface area contributed by atoms with Gasteiger partial charge < -0.3 is 9.38 Å². The summed E-state index contributed by atoms with van der Waals surface area (Å²) in [5.41, 5.74) is 0.491. The molecule has 15 heavy (non-hydrogen) atoms. The summed E-state index contributed by atoms with van der Waals surface area (Å²) in [7, 11) is 0. The molecule has 0 amide bonds. The second kappa shape index (κ2) is 2.60. The molecule has 0 atom stereocenters. The minimum Gasteiger partial charge on any atom is -0.321 e. The molecular weight excluding hydrogens is 194 g/mol. The number of hydrogen-bond donors (Lipinski definition) is 2. The van der Waals surface area contributed by atoms with Crippen molar-refractivity contribution in [1.29, 1.82) is 0 Å². The Hall–Kier alpha value is -2.30. The molecule has 5 nitrogen and oxygen atoms in total. The highest BCUT2D eigenvalue weighted by molar-refractivity contribution is 5.93. The van der Waals surface area contributed by atoms with E-state index < -0.39 is 5.69 Å². The van der Waals surface area contributed by atoms with Gasteiger partial charge in [0.2, 0.25) is 0 Å². The lowest BCUT2D eigenvalue weighted by molar-refractivity contribution is 1.08. The van der Waals surface area contributed by atoms with E-state index in [1.165, 1.54) is 0 Å². The molecule has 74 valence electrons. The van der Waals surface area contributed by atoms with Crippen molar-refractivity contribution in [3.05, 3.63) is 51.4 Å². The highest BCUT2D eigenvalue weighted by Crippen LogP contribution is 2.14. The van der Waals surface area contributed by atoms with E-state index in [1.807, 2.05) is 24.4 Å². The van der Waals surface area contributed by atoms with Crippen molar-refractivity contribution >= 4 is 16.4 Å². The number of nitrogens with one attached hydrogen (secondary N) is 2. The number of rotatable bonds is 0. The maximum absolute atomic E-state index is 11.6. The van der Waals surface area contributed by atoms with Crippen LogP contribution in [0.1, 0.15) is 0 Å². The minimum absolute atomic E-state index is 0.359. The van der Waals surface area contributed by atoms with E-state index in [9.17, 15) is 9.59 Å². The van der Waals surface area contributed by atoms with Crippen LogP contribution in [0.2, 0.25) is 0 Å². The number of aromatic nitrogens is 3. The first-order valence-corrected chi connectivity index (χ1v) is 4.48. The van der Waals surface area contributed by atoms with Gasteiger partial charge in [0.1, 0.15) is 0 Å². The molecule has 0 radical (unpaired) electrons. The third kappa shape index (κ3) is 1.03. The van der Waals surface area contributed by atoms with Gasteiger partial charge in [0.15, 0.2) is 0 Å². The molecule has 0 fully saturated rings. The number of aromatic amines is 2. The van der Waals surface area contributed by atoms with E-state index in [0.717, 1.165) is 5.52 Å². The van der Waals surface area contributed by atoms with Crippen molar-refractivity contribution < 1.29 is 0 Å². The number of H-pyrrole nitrogens is 2.